The Bertz CT molecular complexity index is 1230. The van der Waals surface area contributed by atoms with E-state index in [0.29, 0.717) is 26.2 Å². The number of ether oxygens (including phenoxy) is 1. The largest absolute Gasteiger partial charge is 0.497 e. The number of hydrogen-bond acceptors (Lipinski definition) is 5. The van der Waals surface area contributed by atoms with Crippen molar-refractivity contribution in [3.63, 3.8) is 0 Å². The van der Waals surface area contributed by atoms with Gasteiger partial charge in [0.1, 0.15) is 10.6 Å². The highest BCUT2D eigenvalue weighted by molar-refractivity contribution is 7.21. The number of fused-ring (bicyclic) bond motifs is 1. The molecular formula is C23H18ClNO3S2. The molecule has 0 bridgehead atoms. The maximum absolute atomic E-state index is 13.6. The first-order valence-corrected chi connectivity index (χ1v) is 11.3. The monoisotopic (exact) mass is 455 g/mol. The molecule has 7 heteroatoms. The summed E-state index contributed by atoms with van der Waals surface area (Å²) < 4.78 is 6.22. The lowest BCUT2D eigenvalue weighted by Crippen LogP contribution is -2.36. The number of halogens is 1. The highest BCUT2D eigenvalue weighted by Gasteiger charge is 2.27. The minimum absolute atomic E-state index is 0.0723. The Labute approximate surface area is 187 Å². The Kier molecular flexibility index (Phi) is 5.90. The van der Waals surface area contributed by atoms with Crippen LogP contribution in [0.1, 0.15) is 24.9 Å². The predicted molar refractivity (Wildman–Crippen MR) is 125 cm³/mol. The summed E-state index contributed by atoms with van der Waals surface area (Å²) in [6, 6.07) is 16.6. The normalized spacial score (nSPS) is 10.9. The second-order valence-electron chi connectivity index (χ2n) is 6.69. The van der Waals surface area contributed by atoms with Crippen molar-refractivity contribution in [1.29, 1.82) is 0 Å². The van der Waals surface area contributed by atoms with Crippen LogP contribution in [0.5, 0.6) is 5.75 Å². The maximum atomic E-state index is 13.6. The topological polar surface area (TPSA) is 46.6 Å². The van der Waals surface area contributed by atoms with Crippen molar-refractivity contribution < 1.29 is 14.3 Å². The van der Waals surface area contributed by atoms with Gasteiger partial charge in [-0.1, -0.05) is 35.9 Å². The van der Waals surface area contributed by atoms with Gasteiger partial charge in [0.25, 0.3) is 5.91 Å². The van der Waals surface area contributed by atoms with Crippen LogP contribution in [0, 0.1) is 6.92 Å². The Morgan fingerprint density at radius 1 is 1.10 bits per heavy atom. The third-order valence-electron chi connectivity index (χ3n) is 4.77. The van der Waals surface area contributed by atoms with Crippen LogP contribution in [0.3, 0.4) is 0 Å². The summed E-state index contributed by atoms with van der Waals surface area (Å²) in [4.78, 5) is 29.0. The van der Waals surface area contributed by atoms with Gasteiger partial charge in [-0.25, -0.2) is 0 Å². The number of thiophene rings is 2. The van der Waals surface area contributed by atoms with Gasteiger partial charge in [0.2, 0.25) is 0 Å². The summed E-state index contributed by atoms with van der Waals surface area (Å²) in [7, 11) is 1.59. The van der Waals surface area contributed by atoms with Crippen LogP contribution in [0.2, 0.25) is 5.02 Å². The number of nitrogens with zero attached hydrogens (tertiary/aromatic N) is 1. The van der Waals surface area contributed by atoms with Crippen molar-refractivity contribution in [3.05, 3.63) is 80.3 Å². The number of rotatable bonds is 6. The van der Waals surface area contributed by atoms with Gasteiger partial charge in [-0.2, -0.15) is 0 Å². The summed E-state index contributed by atoms with van der Waals surface area (Å²) in [5.74, 6) is 0.276. The zero-order chi connectivity index (χ0) is 21.3. The fourth-order valence-electron chi connectivity index (χ4n) is 3.26. The molecule has 30 heavy (non-hydrogen) atoms. The van der Waals surface area contributed by atoms with Crippen LogP contribution in [-0.2, 0) is 0 Å². The Morgan fingerprint density at radius 2 is 1.90 bits per heavy atom. The SMILES string of the molecule is COc1ccc(N(CC(=O)c2cccs2)C(=O)c2sc3ccccc3c2Cl)c(C)c1. The molecule has 2 aromatic heterocycles. The van der Waals surface area contributed by atoms with Crippen molar-refractivity contribution in [2.45, 2.75) is 6.92 Å². The smallest absolute Gasteiger partial charge is 0.270 e. The third kappa shape index (κ3) is 3.86. The number of methoxy groups -OCH3 is 1. The molecule has 0 saturated carbocycles. The second kappa shape index (κ2) is 8.60. The molecule has 0 N–H and O–H groups in total. The van der Waals surface area contributed by atoms with Crippen molar-refractivity contribution >= 4 is 61.7 Å². The van der Waals surface area contributed by atoms with E-state index in [-0.39, 0.29) is 18.2 Å². The molecule has 0 aliphatic heterocycles. The van der Waals surface area contributed by atoms with Gasteiger partial charge >= 0.3 is 0 Å². The first-order valence-electron chi connectivity index (χ1n) is 9.20. The van der Waals surface area contributed by atoms with Crippen LogP contribution in [0.15, 0.2) is 60.0 Å². The number of benzene rings is 2. The summed E-state index contributed by atoms with van der Waals surface area (Å²) in [6.45, 7) is 1.82. The van der Waals surface area contributed by atoms with Crippen molar-refractivity contribution in [3.8, 4) is 5.75 Å². The molecule has 0 atom stereocenters. The Hall–Kier alpha value is -2.67. The minimum Gasteiger partial charge on any atom is -0.497 e. The fraction of sp³-hybridized carbons (Fsp3) is 0.130. The molecule has 0 unspecified atom stereocenters. The number of carbonyl (C=O) groups excluding carboxylic acids is 2. The van der Waals surface area contributed by atoms with Gasteiger partial charge in [0.15, 0.2) is 5.78 Å². The van der Waals surface area contributed by atoms with Gasteiger partial charge in [-0.05, 0) is 48.2 Å². The minimum atomic E-state index is -0.292. The molecule has 4 nitrogen and oxygen atoms in total. The number of ketones is 1. The summed E-state index contributed by atoms with van der Waals surface area (Å²) in [5.41, 5.74) is 1.48. The first-order chi connectivity index (χ1) is 14.5. The zero-order valence-corrected chi connectivity index (χ0v) is 18.7. The lowest BCUT2D eigenvalue weighted by Gasteiger charge is -2.24. The van der Waals surface area contributed by atoms with Crippen LogP contribution in [0.4, 0.5) is 5.69 Å². The molecule has 0 fully saturated rings. The maximum Gasteiger partial charge on any atom is 0.270 e. The molecule has 4 aromatic rings. The average Bonchev–Trinajstić information content (AvgIpc) is 3.40. The number of hydrogen-bond donors (Lipinski definition) is 0. The molecule has 0 aliphatic carbocycles. The molecule has 2 aromatic carbocycles. The molecule has 0 aliphatic rings. The highest BCUT2D eigenvalue weighted by atomic mass is 35.5. The summed E-state index contributed by atoms with van der Waals surface area (Å²) >= 11 is 9.27. The molecule has 152 valence electrons. The average molecular weight is 456 g/mol. The number of carbonyl (C=O) groups is 2. The van der Waals surface area contributed by atoms with Gasteiger partial charge in [0, 0.05) is 15.8 Å². The standard InChI is InChI=1S/C23H18ClNO3S2/c1-14-12-15(28-2)9-10-17(14)25(13-18(26)20-8-5-11-29-20)23(27)22-21(24)16-6-3-4-7-19(16)30-22/h3-12H,13H2,1-2H3. The van der Waals surface area contributed by atoms with Crippen LogP contribution in [0.25, 0.3) is 10.1 Å². The molecule has 2 heterocycles. The van der Waals surface area contributed by atoms with E-state index >= 15 is 0 Å². The first kappa shape index (κ1) is 20.6. The van der Waals surface area contributed by atoms with E-state index in [1.165, 1.54) is 27.6 Å². The van der Waals surface area contributed by atoms with Gasteiger partial charge in [-0.15, -0.1) is 22.7 Å². The quantitative estimate of drug-likeness (QED) is 0.313. The van der Waals surface area contributed by atoms with E-state index in [1.54, 1.807) is 25.3 Å². The Morgan fingerprint density at radius 3 is 2.57 bits per heavy atom. The lowest BCUT2D eigenvalue weighted by atomic mass is 10.1. The van der Waals surface area contributed by atoms with Gasteiger partial charge < -0.3 is 4.74 Å². The highest BCUT2D eigenvalue weighted by Crippen LogP contribution is 2.37. The number of aryl methyl sites for hydroxylation is 1. The second-order valence-corrected chi connectivity index (χ2v) is 9.06. The van der Waals surface area contributed by atoms with Crippen LogP contribution >= 0.6 is 34.3 Å². The van der Waals surface area contributed by atoms with E-state index in [4.69, 9.17) is 16.3 Å². The third-order valence-corrected chi connectivity index (χ3v) is 7.34. The van der Waals surface area contributed by atoms with Crippen molar-refractivity contribution in [1.82, 2.24) is 0 Å². The summed E-state index contributed by atoms with van der Waals surface area (Å²) in [5, 5.41) is 3.10. The zero-order valence-electron chi connectivity index (χ0n) is 16.3. The molecule has 0 spiro atoms. The number of Topliss-reactive ketones (excluding diaryl/α,β-unsaturated/α-hetero) is 1. The molecule has 0 radical (unpaired) electrons. The lowest BCUT2D eigenvalue weighted by molar-refractivity contribution is 0.0941. The predicted octanol–water partition coefficient (Wildman–Crippen LogP) is 6.46. The van der Waals surface area contributed by atoms with E-state index in [2.05, 4.69) is 0 Å². The van der Waals surface area contributed by atoms with E-state index < -0.39 is 0 Å². The number of amides is 1. The summed E-state index contributed by atoms with van der Waals surface area (Å²) in [6.07, 6.45) is 0. The molecule has 0 saturated heterocycles. The molecular weight excluding hydrogens is 438 g/mol. The van der Waals surface area contributed by atoms with Gasteiger partial charge in [0.05, 0.1) is 23.6 Å². The van der Waals surface area contributed by atoms with Crippen LogP contribution < -0.4 is 9.64 Å². The van der Waals surface area contributed by atoms with Gasteiger partial charge in [-0.3, -0.25) is 14.5 Å². The number of anilines is 1. The van der Waals surface area contributed by atoms with E-state index in [9.17, 15) is 9.59 Å². The molecule has 1 amide bonds. The Balaban J connectivity index is 1.78. The van der Waals surface area contributed by atoms with Crippen molar-refractivity contribution in [2.75, 3.05) is 18.6 Å². The van der Waals surface area contributed by atoms with E-state index in [0.717, 1.165) is 15.6 Å². The molecule has 4 rings (SSSR count). The fourth-order valence-corrected chi connectivity index (χ4v) is 5.37. The van der Waals surface area contributed by atoms with E-state index in [1.807, 2.05) is 48.7 Å². The van der Waals surface area contributed by atoms with Crippen LogP contribution in [-0.4, -0.2) is 25.3 Å². The van der Waals surface area contributed by atoms with Crippen molar-refractivity contribution in [2.24, 2.45) is 0 Å².